The lowest BCUT2D eigenvalue weighted by Crippen LogP contribution is -2.07. The van der Waals surface area contributed by atoms with Crippen LogP contribution in [-0.2, 0) is 0 Å². The molecule has 1 unspecified atom stereocenters. The maximum atomic E-state index is 12.5. The third-order valence-electron chi connectivity index (χ3n) is 6.33. The van der Waals surface area contributed by atoms with Crippen LogP contribution in [0.1, 0.15) is 40.1 Å². The van der Waals surface area contributed by atoms with Crippen LogP contribution in [0.2, 0.25) is 0 Å². The molecular formula is C29H26N2O4S. The summed E-state index contributed by atoms with van der Waals surface area (Å²) < 4.78 is 15.6. The Morgan fingerprint density at radius 1 is 1.08 bits per heavy atom. The van der Waals surface area contributed by atoms with Gasteiger partial charge in [0.1, 0.15) is 23.1 Å². The molecule has 1 atom stereocenters. The van der Waals surface area contributed by atoms with Gasteiger partial charge in [-0.1, -0.05) is 48.3 Å². The zero-order valence-corrected chi connectivity index (χ0v) is 21.3. The van der Waals surface area contributed by atoms with Gasteiger partial charge in [-0.05, 0) is 62.2 Å². The van der Waals surface area contributed by atoms with Crippen molar-refractivity contribution in [3.63, 3.8) is 0 Å². The number of carbonyl (C=O) groups is 1. The number of carboxylic acids is 1. The Hall–Kier alpha value is -3.97. The summed E-state index contributed by atoms with van der Waals surface area (Å²) >= 11 is 1.53. The monoisotopic (exact) mass is 498 g/mol. The van der Waals surface area contributed by atoms with E-state index in [1.165, 1.54) is 11.9 Å². The van der Waals surface area contributed by atoms with Crippen LogP contribution in [0.4, 0.5) is 5.69 Å². The van der Waals surface area contributed by atoms with Crippen molar-refractivity contribution in [2.24, 2.45) is 0 Å². The smallest absolute Gasteiger partial charge is 0.336 e. The van der Waals surface area contributed by atoms with Crippen LogP contribution in [0.3, 0.4) is 0 Å². The van der Waals surface area contributed by atoms with E-state index >= 15 is 0 Å². The van der Waals surface area contributed by atoms with Gasteiger partial charge in [-0.3, -0.25) is 0 Å². The number of para-hydroxylation sites is 1. The zero-order valence-electron chi connectivity index (χ0n) is 20.5. The van der Waals surface area contributed by atoms with Crippen LogP contribution in [0.25, 0.3) is 33.3 Å². The molecule has 0 spiro atoms. The van der Waals surface area contributed by atoms with Gasteiger partial charge < -0.3 is 19.0 Å². The average molecular weight is 499 g/mol. The van der Waals surface area contributed by atoms with E-state index in [0.717, 1.165) is 33.3 Å². The van der Waals surface area contributed by atoms with Gasteiger partial charge in [0.2, 0.25) is 0 Å². The minimum Gasteiger partial charge on any atom is -0.485 e. The lowest BCUT2D eigenvalue weighted by atomic mass is 10.0. The van der Waals surface area contributed by atoms with E-state index in [0.29, 0.717) is 28.1 Å². The highest BCUT2D eigenvalue weighted by Crippen LogP contribution is 2.38. The molecule has 0 aliphatic rings. The highest BCUT2D eigenvalue weighted by molar-refractivity contribution is 7.99. The molecule has 0 fully saturated rings. The Labute approximate surface area is 213 Å². The van der Waals surface area contributed by atoms with Crippen molar-refractivity contribution in [2.75, 3.05) is 11.0 Å². The molecule has 0 bridgehead atoms. The molecule has 0 amide bonds. The minimum atomic E-state index is -1.05. The van der Waals surface area contributed by atoms with Crippen molar-refractivity contribution >= 4 is 45.5 Å². The number of hydrogen-bond donors (Lipinski definition) is 2. The molecule has 0 aliphatic heterocycles. The summed E-state index contributed by atoms with van der Waals surface area (Å²) in [6, 6.07) is 21.0. The van der Waals surface area contributed by atoms with E-state index < -0.39 is 5.97 Å². The first-order valence-electron chi connectivity index (χ1n) is 11.6. The number of nitrogens with zero attached hydrogens (tertiary/aromatic N) is 1. The Balaban J connectivity index is 1.61. The summed E-state index contributed by atoms with van der Waals surface area (Å²) in [6.45, 7) is 5.82. The summed E-state index contributed by atoms with van der Waals surface area (Å²) in [5.41, 5.74) is 5.69. The fraction of sp³-hybridized carbons (Fsp3) is 0.172. The molecule has 2 aromatic heterocycles. The van der Waals surface area contributed by atoms with Gasteiger partial charge in [0, 0.05) is 22.9 Å². The number of pyridine rings is 1. The van der Waals surface area contributed by atoms with Crippen molar-refractivity contribution in [1.29, 1.82) is 0 Å². The SMILES string of the molecule is CSNc1ccc(C(C)Oc2ccc(C)c3nc(-c4oc5ccccc5c4C)cc(C(=O)O)c23)cc1. The quantitative estimate of drug-likeness (QED) is 0.222. The number of hydrogen-bond acceptors (Lipinski definition) is 6. The van der Waals surface area contributed by atoms with Crippen molar-refractivity contribution in [3.05, 3.63) is 89.0 Å². The molecule has 0 aliphatic carbocycles. The van der Waals surface area contributed by atoms with Gasteiger partial charge in [0.25, 0.3) is 0 Å². The number of anilines is 1. The fourth-order valence-electron chi connectivity index (χ4n) is 4.44. The number of benzene rings is 3. The van der Waals surface area contributed by atoms with E-state index in [1.54, 1.807) is 6.07 Å². The molecule has 36 heavy (non-hydrogen) atoms. The van der Waals surface area contributed by atoms with Crippen molar-refractivity contribution in [1.82, 2.24) is 4.98 Å². The summed E-state index contributed by atoms with van der Waals surface area (Å²) in [5.74, 6) is -0.00108. The lowest BCUT2D eigenvalue weighted by Gasteiger charge is -2.19. The van der Waals surface area contributed by atoms with Gasteiger partial charge in [-0.25, -0.2) is 9.78 Å². The second-order valence-corrected chi connectivity index (χ2v) is 9.32. The molecular weight excluding hydrogens is 472 g/mol. The Kier molecular flexibility index (Phi) is 6.33. The van der Waals surface area contributed by atoms with Crippen LogP contribution >= 0.6 is 11.9 Å². The van der Waals surface area contributed by atoms with E-state index in [1.807, 2.05) is 87.7 Å². The van der Waals surface area contributed by atoms with Crippen LogP contribution in [-0.4, -0.2) is 22.3 Å². The second kappa shape index (κ2) is 9.59. The van der Waals surface area contributed by atoms with Crippen LogP contribution < -0.4 is 9.46 Å². The number of aromatic nitrogens is 1. The predicted molar refractivity (Wildman–Crippen MR) is 146 cm³/mol. The molecule has 0 radical (unpaired) electrons. The Bertz CT molecular complexity index is 1590. The Morgan fingerprint density at radius 3 is 2.53 bits per heavy atom. The number of carboxylic acid groups (broad SMARTS) is 1. The van der Waals surface area contributed by atoms with Gasteiger partial charge in [0.15, 0.2) is 5.76 Å². The standard InChI is InChI=1S/C29H26N2O4S/c1-16-9-14-25(34-18(3)19-10-12-20(13-11-19)31-36-4)26-22(29(32)33)15-23(30-27(16)26)28-17(2)21-7-5-6-8-24(21)35-28/h5-15,18,31H,1-4H3,(H,32,33). The largest absolute Gasteiger partial charge is 0.485 e. The predicted octanol–water partition coefficient (Wildman–Crippen LogP) is 7.79. The molecule has 2 heterocycles. The summed E-state index contributed by atoms with van der Waals surface area (Å²) in [7, 11) is 0. The minimum absolute atomic E-state index is 0.125. The topological polar surface area (TPSA) is 84.6 Å². The summed E-state index contributed by atoms with van der Waals surface area (Å²) in [6.07, 6.45) is 1.68. The second-order valence-electron chi connectivity index (χ2n) is 8.71. The molecule has 0 saturated heterocycles. The normalized spacial score (nSPS) is 12.1. The van der Waals surface area contributed by atoms with Gasteiger partial charge in [-0.15, -0.1) is 0 Å². The summed E-state index contributed by atoms with van der Waals surface area (Å²) in [5, 5.41) is 11.6. The maximum Gasteiger partial charge on any atom is 0.336 e. The maximum absolute atomic E-state index is 12.5. The lowest BCUT2D eigenvalue weighted by molar-refractivity contribution is 0.0698. The highest BCUT2D eigenvalue weighted by atomic mass is 32.2. The van der Waals surface area contributed by atoms with Crippen LogP contribution in [0.5, 0.6) is 5.75 Å². The molecule has 2 N–H and O–H groups in total. The first-order chi connectivity index (χ1) is 17.4. The van der Waals surface area contributed by atoms with Crippen molar-refractivity contribution in [3.8, 4) is 17.2 Å². The molecule has 7 heteroatoms. The van der Waals surface area contributed by atoms with Gasteiger partial charge in [0.05, 0.1) is 16.5 Å². The van der Waals surface area contributed by atoms with E-state index in [-0.39, 0.29) is 11.7 Å². The summed E-state index contributed by atoms with van der Waals surface area (Å²) in [4.78, 5) is 17.3. The molecule has 5 rings (SSSR count). The number of rotatable bonds is 7. The third-order valence-corrected chi connectivity index (χ3v) is 6.77. The number of furan rings is 1. The van der Waals surface area contributed by atoms with Gasteiger partial charge >= 0.3 is 5.97 Å². The zero-order chi connectivity index (χ0) is 25.4. The molecule has 6 nitrogen and oxygen atoms in total. The number of fused-ring (bicyclic) bond motifs is 2. The molecule has 5 aromatic rings. The molecule has 3 aromatic carbocycles. The van der Waals surface area contributed by atoms with Crippen molar-refractivity contribution in [2.45, 2.75) is 26.9 Å². The number of aromatic carboxylic acids is 1. The van der Waals surface area contributed by atoms with E-state index in [9.17, 15) is 9.90 Å². The Morgan fingerprint density at radius 2 is 1.83 bits per heavy atom. The van der Waals surface area contributed by atoms with Crippen molar-refractivity contribution < 1.29 is 19.1 Å². The number of ether oxygens (including phenoxy) is 1. The average Bonchev–Trinajstić information content (AvgIpc) is 3.22. The molecule has 182 valence electrons. The first kappa shape index (κ1) is 23.8. The fourth-order valence-corrected chi connectivity index (χ4v) is 4.81. The van der Waals surface area contributed by atoms with E-state index in [2.05, 4.69) is 4.72 Å². The molecule has 0 saturated carbocycles. The number of nitrogens with one attached hydrogen (secondary N) is 1. The van der Waals surface area contributed by atoms with Crippen LogP contribution in [0, 0.1) is 13.8 Å². The van der Waals surface area contributed by atoms with E-state index in [4.69, 9.17) is 14.1 Å². The number of aryl methyl sites for hydroxylation is 2. The van der Waals surface area contributed by atoms with Gasteiger partial charge in [-0.2, -0.15) is 0 Å². The third kappa shape index (κ3) is 4.27. The first-order valence-corrected chi connectivity index (χ1v) is 12.8. The van der Waals surface area contributed by atoms with Crippen LogP contribution in [0.15, 0.2) is 71.1 Å². The highest BCUT2D eigenvalue weighted by Gasteiger charge is 2.22.